The Morgan fingerprint density at radius 1 is 0.868 bits per heavy atom. The molecule has 38 heavy (non-hydrogen) atoms. The standard InChI is InChI=1S/C24H28N2O12/c1-12(27)38-24-11-37-22(13-6-18(32-2)20(34-4)8-16(13)25(28)29)15(24)10-36-23(24)14-7-19(33-3)21(35-5)9-17(14)26(30)31/h6-9,15,22-23,28,30H,10-11H2,1-5H3/q-2. The molecule has 4 unspecified atom stereocenters. The Bertz CT molecular complexity index is 1190. The van der Waals surface area contributed by atoms with Crippen LogP contribution in [0.5, 0.6) is 23.0 Å². The topological polar surface area (TPSA) is 175 Å². The first-order valence-electron chi connectivity index (χ1n) is 11.4. The van der Waals surface area contributed by atoms with E-state index in [9.17, 15) is 25.6 Å². The molecule has 0 bridgehead atoms. The first kappa shape index (κ1) is 27.5. The van der Waals surface area contributed by atoms with Crippen molar-refractivity contribution >= 4 is 17.3 Å². The molecule has 0 amide bonds. The monoisotopic (exact) mass is 536 g/mol. The number of hydrogen-bond donors (Lipinski definition) is 2. The molecule has 14 nitrogen and oxygen atoms in total. The van der Waals surface area contributed by atoms with E-state index in [1.165, 1.54) is 59.6 Å². The van der Waals surface area contributed by atoms with Crippen LogP contribution in [0.4, 0.5) is 11.4 Å². The van der Waals surface area contributed by atoms with Crippen molar-refractivity contribution in [2.24, 2.45) is 5.92 Å². The van der Waals surface area contributed by atoms with Crippen molar-refractivity contribution in [3.8, 4) is 23.0 Å². The zero-order chi connectivity index (χ0) is 27.8. The van der Waals surface area contributed by atoms with E-state index in [0.717, 1.165) is 0 Å². The highest BCUT2D eigenvalue weighted by atomic mass is 16.8. The van der Waals surface area contributed by atoms with Gasteiger partial charge in [-0.15, -0.1) is 0 Å². The molecule has 2 N–H and O–H groups in total. The molecular weight excluding hydrogens is 508 g/mol. The third-order valence-corrected chi connectivity index (χ3v) is 6.77. The summed E-state index contributed by atoms with van der Waals surface area (Å²) in [6.07, 6.45) is -2.01. The maximum absolute atomic E-state index is 12.3. The van der Waals surface area contributed by atoms with Crippen LogP contribution in [-0.2, 0) is 19.0 Å². The van der Waals surface area contributed by atoms with Crippen molar-refractivity contribution in [1.29, 1.82) is 0 Å². The number of benzene rings is 2. The molecule has 0 spiro atoms. The minimum absolute atomic E-state index is 0.0429. The predicted octanol–water partition coefficient (Wildman–Crippen LogP) is 2.87. The average molecular weight is 536 g/mol. The average Bonchev–Trinajstić information content (AvgIpc) is 3.42. The van der Waals surface area contributed by atoms with E-state index >= 15 is 0 Å². The van der Waals surface area contributed by atoms with E-state index in [4.69, 9.17) is 33.2 Å². The van der Waals surface area contributed by atoms with E-state index in [-0.39, 0.29) is 69.2 Å². The molecule has 2 aliphatic heterocycles. The summed E-state index contributed by atoms with van der Waals surface area (Å²) >= 11 is 0. The van der Waals surface area contributed by atoms with Gasteiger partial charge in [-0.05, 0) is 12.1 Å². The molecule has 0 radical (unpaired) electrons. The fourth-order valence-corrected chi connectivity index (χ4v) is 5.16. The molecule has 2 aromatic carbocycles. The summed E-state index contributed by atoms with van der Waals surface area (Å²) in [5.74, 6) is -0.502. The highest BCUT2D eigenvalue weighted by Crippen LogP contribution is 2.58. The maximum atomic E-state index is 12.3. The Morgan fingerprint density at radius 3 is 1.82 bits per heavy atom. The van der Waals surface area contributed by atoms with Gasteiger partial charge in [-0.25, -0.2) is 0 Å². The van der Waals surface area contributed by atoms with Crippen molar-refractivity contribution in [3.05, 3.63) is 45.8 Å². The summed E-state index contributed by atoms with van der Waals surface area (Å²) in [6.45, 7) is 0.965. The maximum Gasteiger partial charge on any atom is 0.303 e. The number of ether oxygens (including phenoxy) is 7. The Hall–Kier alpha value is -3.53. The second kappa shape index (κ2) is 10.7. The lowest BCUT2D eigenvalue weighted by molar-refractivity contribution is -0.167. The second-order valence-electron chi connectivity index (χ2n) is 8.68. The summed E-state index contributed by atoms with van der Waals surface area (Å²) < 4.78 is 39.2. The molecule has 0 saturated carbocycles. The number of rotatable bonds is 9. The molecule has 2 saturated heterocycles. The van der Waals surface area contributed by atoms with Gasteiger partial charge in [0.2, 0.25) is 0 Å². The van der Waals surface area contributed by atoms with Crippen LogP contribution in [0, 0.1) is 16.3 Å². The van der Waals surface area contributed by atoms with Crippen LogP contribution in [0.2, 0.25) is 0 Å². The van der Waals surface area contributed by atoms with Gasteiger partial charge >= 0.3 is 5.97 Å². The highest BCUT2D eigenvalue weighted by Gasteiger charge is 2.63. The molecule has 0 aliphatic carbocycles. The second-order valence-corrected chi connectivity index (χ2v) is 8.68. The molecule has 4 rings (SSSR count). The van der Waals surface area contributed by atoms with E-state index in [2.05, 4.69) is 0 Å². The van der Waals surface area contributed by atoms with Gasteiger partial charge in [-0.1, -0.05) is 0 Å². The van der Waals surface area contributed by atoms with Crippen LogP contribution in [0.3, 0.4) is 0 Å². The molecule has 2 aromatic rings. The molecular formula is C24H28N2O12-2. The first-order valence-corrected chi connectivity index (χ1v) is 11.4. The third-order valence-electron chi connectivity index (χ3n) is 6.77. The molecule has 0 aromatic heterocycles. The van der Waals surface area contributed by atoms with Gasteiger partial charge in [-0.3, -0.25) is 15.2 Å². The summed E-state index contributed by atoms with van der Waals surface area (Å²) in [5.41, 5.74) is -1.52. The number of methoxy groups -OCH3 is 4. The summed E-state index contributed by atoms with van der Waals surface area (Å²) in [5, 5.41) is 43.3. The summed E-state index contributed by atoms with van der Waals surface area (Å²) in [4.78, 5) is 12.3. The van der Waals surface area contributed by atoms with Crippen LogP contribution in [0.25, 0.3) is 0 Å². The smallest absolute Gasteiger partial charge is 0.303 e. The Balaban J connectivity index is 1.86. The fraction of sp³-hybridized carbons (Fsp3) is 0.458. The fourth-order valence-electron chi connectivity index (χ4n) is 5.16. The Labute approximate surface area is 217 Å². The van der Waals surface area contributed by atoms with Crippen LogP contribution in [-0.4, -0.2) is 63.6 Å². The van der Waals surface area contributed by atoms with Crippen LogP contribution in [0.1, 0.15) is 30.3 Å². The number of carbonyl (C=O) groups excluding carboxylic acids is 1. The quantitative estimate of drug-likeness (QED) is 0.353. The minimum Gasteiger partial charge on any atom is -0.733 e. The number of anilines is 2. The number of hydrogen-bond acceptors (Lipinski definition) is 14. The van der Waals surface area contributed by atoms with Gasteiger partial charge in [-0.2, -0.15) is 0 Å². The zero-order valence-corrected chi connectivity index (χ0v) is 21.3. The van der Waals surface area contributed by atoms with E-state index < -0.39 is 29.7 Å². The van der Waals surface area contributed by atoms with Gasteiger partial charge in [0.25, 0.3) is 0 Å². The van der Waals surface area contributed by atoms with Gasteiger partial charge in [0.15, 0.2) is 28.6 Å². The lowest BCUT2D eigenvalue weighted by Gasteiger charge is -2.35. The molecule has 14 heteroatoms. The highest BCUT2D eigenvalue weighted by molar-refractivity contribution is 5.68. The van der Waals surface area contributed by atoms with Crippen LogP contribution in [0.15, 0.2) is 24.3 Å². The molecule has 2 aliphatic rings. The molecule has 4 atom stereocenters. The predicted molar refractivity (Wildman–Crippen MR) is 130 cm³/mol. The Morgan fingerprint density at radius 2 is 1.34 bits per heavy atom. The number of esters is 1. The Kier molecular flexibility index (Phi) is 7.73. The number of fused-ring (bicyclic) bond motifs is 1. The van der Waals surface area contributed by atoms with Crippen molar-refractivity contribution < 1.29 is 48.4 Å². The lowest BCUT2D eigenvalue weighted by atomic mass is 9.79. The SMILES string of the molecule is COc1cc(C2OCC3(OC(C)=O)C(c4cc(OC)c(OC)cc4N([O-])O)OCC23)c(N([O-])O)cc1OC. The van der Waals surface area contributed by atoms with E-state index in [1.807, 2.05) is 0 Å². The molecule has 2 fully saturated rings. The van der Waals surface area contributed by atoms with Gasteiger partial charge in [0.05, 0.1) is 65.0 Å². The zero-order valence-electron chi connectivity index (χ0n) is 21.3. The van der Waals surface area contributed by atoms with E-state index in [1.54, 1.807) is 0 Å². The summed E-state index contributed by atoms with van der Waals surface area (Å²) in [7, 11) is 5.55. The lowest BCUT2D eigenvalue weighted by Crippen LogP contribution is -2.44. The van der Waals surface area contributed by atoms with Crippen LogP contribution >= 0.6 is 0 Å². The summed E-state index contributed by atoms with van der Waals surface area (Å²) in [6, 6.07) is 5.47. The van der Waals surface area contributed by atoms with Gasteiger partial charge in [0.1, 0.15) is 6.10 Å². The molecule has 2 heterocycles. The largest absolute Gasteiger partial charge is 0.733 e. The minimum atomic E-state index is -1.49. The van der Waals surface area contributed by atoms with Crippen molar-refractivity contribution in [2.75, 3.05) is 52.1 Å². The van der Waals surface area contributed by atoms with Gasteiger partial charge < -0.3 is 54.0 Å². The van der Waals surface area contributed by atoms with Crippen molar-refractivity contribution in [2.45, 2.75) is 24.7 Å². The van der Waals surface area contributed by atoms with Crippen molar-refractivity contribution in [3.63, 3.8) is 0 Å². The van der Waals surface area contributed by atoms with Crippen molar-refractivity contribution in [1.82, 2.24) is 0 Å². The number of carbonyl (C=O) groups is 1. The first-order chi connectivity index (χ1) is 18.1. The number of nitrogens with zero attached hydrogens (tertiary/aromatic N) is 2. The third kappa shape index (κ3) is 4.51. The van der Waals surface area contributed by atoms with Crippen LogP contribution < -0.4 is 29.4 Å². The van der Waals surface area contributed by atoms with Gasteiger partial charge in [0, 0.05) is 30.2 Å². The normalized spacial score (nSPS) is 24.0. The molecule has 208 valence electrons. The van der Waals surface area contributed by atoms with E-state index in [0.29, 0.717) is 0 Å².